The van der Waals surface area contributed by atoms with Gasteiger partial charge < -0.3 is 15.0 Å². The lowest BCUT2D eigenvalue weighted by molar-refractivity contribution is 0.0706. The highest BCUT2D eigenvalue weighted by Gasteiger charge is 2.28. The zero-order chi connectivity index (χ0) is 22.5. The molecule has 9 heteroatoms. The Bertz CT molecular complexity index is 1090. The number of amides is 2. The standard InChI is InChI=1S/C23H23ClN4O3S/c1-2-31-19-11-5-15(6-12-19)23(30)28-13-3-4-16(14-28)21-26-27-22(32-21)20(29)25-18-9-7-17(24)8-10-18/h5-12,16H,2-4,13-14H2,1H3,(H,25,29)/t16-/m0/s1. The fourth-order valence-electron chi connectivity index (χ4n) is 3.62. The summed E-state index contributed by atoms with van der Waals surface area (Å²) in [5.74, 6) is 0.487. The average Bonchev–Trinajstić information content (AvgIpc) is 3.32. The number of rotatable bonds is 6. The van der Waals surface area contributed by atoms with Gasteiger partial charge in [0.25, 0.3) is 11.8 Å². The van der Waals surface area contributed by atoms with E-state index in [2.05, 4.69) is 15.5 Å². The number of ether oxygens (including phenoxy) is 1. The number of hydrogen-bond acceptors (Lipinski definition) is 6. The van der Waals surface area contributed by atoms with Crippen LogP contribution in [-0.2, 0) is 0 Å². The highest BCUT2D eigenvalue weighted by atomic mass is 35.5. The molecule has 1 N–H and O–H groups in total. The van der Waals surface area contributed by atoms with Crippen molar-refractivity contribution in [1.82, 2.24) is 15.1 Å². The van der Waals surface area contributed by atoms with Gasteiger partial charge in [-0.15, -0.1) is 10.2 Å². The third-order valence-corrected chi connectivity index (χ3v) is 6.54. The van der Waals surface area contributed by atoms with E-state index in [9.17, 15) is 9.59 Å². The van der Waals surface area contributed by atoms with Crippen molar-refractivity contribution in [2.75, 3.05) is 25.0 Å². The van der Waals surface area contributed by atoms with Crippen LogP contribution in [0.5, 0.6) is 5.75 Å². The molecule has 1 atom stereocenters. The fourth-order valence-corrected chi connectivity index (χ4v) is 4.61. The highest BCUT2D eigenvalue weighted by molar-refractivity contribution is 7.13. The van der Waals surface area contributed by atoms with Crippen molar-refractivity contribution in [3.05, 3.63) is 69.1 Å². The van der Waals surface area contributed by atoms with Gasteiger partial charge in [0.05, 0.1) is 6.61 Å². The SMILES string of the molecule is CCOc1ccc(C(=O)N2CCC[C@H](c3nnc(C(=O)Nc4ccc(Cl)cc4)s3)C2)cc1. The van der Waals surface area contributed by atoms with Gasteiger partial charge in [-0.05, 0) is 68.3 Å². The van der Waals surface area contributed by atoms with Crippen LogP contribution in [0.4, 0.5) is 5.69 Å². The van der Waals surface area contributed by atoms with Crippen LogP contribution in [0.25, 0.3) is 0 Å². The number of carbonyl (C=O) groups is 2. The quantitative estimate of drug-likeness (QED) is 0.556. The van der Waals surface area contributed by atoms with E-state index in [-0.39, 0.29) is 17.7 Å². The van der Waals surface area contributed by atoms with Crippen molar-refractivity contribution >= 4 is 40.4 Å². The Morgan fingerprint density at radius 2 is 1.91 bits per heavy atom. The lowest BCUT2D eigenvalue weighted by atomic mass is 9.98. The molecule has 1 saturated heterocycles. The van der Waals surface area contributed by atoms with Crippen LogP contribution >= 0.6 is 22.9 Å². The molecule has 3 aromatic rings. The summed E-state index contributed by atoms with van der Waals surface area (Å²) < 4.78 is 5.45. The number of likely N-dealkylation sites (tertiary alicyclic amines) is 1. The number of carbonyl (C=O) groups excluding carboxylic acids is 2. The molecule has 0 unspecified atom stereocenters. The smallest absolute Gasteiger partial charge is 0.286 e. The third kappa shape index (κ3) is 5.26. The van der Waals surface area contributed by atoms with E-state index >= 15 is 0 Å². The van der Waals surface area contributed by atoms with Crippen LogP contribution in [-0.4, -0.2) is 46.6 Å². The fraction of sp³-hybridized carbons (Fsp3) is 0.304. The van der Waals surface area contributed by atoms with E-state index in [0.29, 0.717) is 41.0 Å². The van der Waals surface area contributed by atoms with Crippen LogP contribution < -0.4 is 10.1 Å². The van der Waals surface area contributed by atoms with Gasteiger partial charge in [-0.2, -0.15) is 0 Å². The first-order chi connectivity index (χ1) is 15.5. The number of hydrogen-bond donors (Lipinski definition) is 1. The molecule has 1 fully saturated rings. The van der Waals surface area contributed by atoms with E-state index in [1.54, 1.807) is 36.4 Å². The minimum absolute atomic E-state index is 0.0111. The number of nitrogens with one attached hydrogen (secondary N) is 1. The molecule has 1 aromatic heterocycles. The zero-order valence-corrected chi connectivity index (χ0v) is 19.2. The van der Waals surface area contributed by atoms with Crippen molar-refractivity contribution in [3.8, 4) is 5.75 Å². The van der Waals surface area contributed by atoms with E-state index in [0.717, 1.165) is 23.6 Å². The van der Waals surface area contributed by atoms with Gasteiger partial charge in [0.1, 0.15) is 10.8 Å². The van der Waals surface area contributed by atoms with Crippen LogP contribution in [0.3, 0.4) is 0 Å². The molecule has 2 heterocycles. The number of anilines is 1. The lowest BCUT2D eigenvalue weighted by Gasteiger charge is -2.31. The molecular weight excluding hydrogens is 448 g/mol. The van der Waals surface area contributed by atoms with Gasteiger partial charge in [-0.25, -0.2) is 0 Å². The maximum absolute atomic E-state index is 13.0. The molecule has 2 aromatic carbocycles. The Labute approximate surface area is 195 Å². The summed E-state index contributed by atoms with van der Waals surface area (Å²) in [5.41, 5.74) is 1.27. The molecule has 0 radical (unpaired) electrons. The van der Waals surface area contributed by atoms with Crippen molar-refractivity contribution in [2.45, 2.75) is 25.7 Å². The van der Waals surface area contributed by atoms with Crippen LogP contribution in [0.2, 0.25) is 5.02 Å². The molecule has 2 amide bonds. The van der Waals surface area contributed by atoms with E-state index in [1.165, 1.54) is 11.3 Å². The van der Waals surface area contributed by atoms with Crippen LogP contribution in [0, 0.1) is 0 Å². The number of aromatic nitrogens is 2. The molecule has 7 nitrogen and oxygen atoms in total. The number of benzene rings is 2. The first-order valence-electron chi connectivity index (χ1n) is 10.5. The highest BCUT2D eigenvalue weighted by Crippen LogP contribution is 2.30. The summed E-state index contributed by atoms with van der Waals surface area (Å²) in [6.45, 7) is 3.76. The Morgan fingerprint density at radius 3 is 2.62 bits per heavy atom. The largest absolute Gasteiger partial charge is 0.494 e. The topological polar surface area (TPSA) is 84.4 Å². The molecule has 4 rings (SSSR count). The first kappa shape index (κ1) is 22.2. The zero-order valence-electron chi connectivity index (χ0n) is 17.6. The molecule has 0 saturated carbocycles. The maximum atomic E-state index is 13.0. The van der Waals surface area contributed by atoms with Gasteiger partial charge in [-0.3, -0.25) is 9.59 Å². The summed E-state index contributed by atoms with van der Waals surface area (Å²) >= 11 is 7.15. The summed E-state index contributed by atoms with van der Waals surface area (Å²) in [7, 11) is 0. The minimum Gasteiger partial charge on any atom is -0.494 e. The van der Waals surface area contributed by atoms with Gasteiger partial charge >= 0.3 is 0 Å². The average molecular weight is 471 g/mol. The monoisotopic (exact) mass is 470 g/mol. The number of halogens is 1. The van der Waals surface area contributed by atoms with E-state index < -0.39 is 0 Å². The Hall–Kier alpha value is -2.97. The van der Waals surface area contributed by atoms with E-state index in [1.807, 2.05) is 24.0 Å². The molecule has 32 heavy (non-hydrogen) atoms. The molecule has 1 aliphatic rings. The van der Waals surface area contributed by atoms with Gasteiger partial charge in [0.2, 0.25) is 5.01 Å². The van der Waals surface area contributed by atoms with Gasteiger partial charge in [0.15, 0.2) is 0 Å². The molecule has 0 bridgehead atoms. The Kier molecular flexibility index (Phi) is 7.02. The lowest BCUT2D eigenvalue weighted by Crippen LogP contribution is -2.39. The molecule has 1 aliphatic heterocycles. The van der Waals surface area contributed by atoms with Gasteiger partial charge in [0, 0.05) is 35.3 Å². The number of piperidine rings is 1. The first-order valence-corrected chi connectivity index (χ1v) is 11.7. The second-order valence-corrected chi connectivity index (χ2v) is 8.90. The minimum atomic E-state index is -0.311. The Morgan fingerprint density at radius 1 is 1.16 bits per heavy atom. The van der Waals surface area contributed by atoms with Crippen molar-refractivity contribution in [2.24, 2.45) is 0 Å². The second-order valence-electron chi connectivity index (χ2n) is 7.45. The predicted molar refractivity (Wildman–Crippen MR) is 125 cm³/mol. The van der Waals surface area contributed by atoms with Crippen molar-refractivity contribution in [1.29, 1.82) is 0 Å². The maximum Gasteiger partial charge on any atom is 0.286 e. The summed E-state index contributed by atoms with van der Waals surface area (Å²) in [6.07, 6.45) is 1.78. The van der Waals surface area contributed by atoms with E-state index in [4.69, 9.17) is 16.3 Å². The molecule has 166 valence electrons. The molecular formula is C23H23ClN4O3S. The van der Waals surface area contributed by atoms with Crippen molar-refractivity contribution in [3.63, 3.8) is 0 Å². The Balaban J connectivity index is 1.40. The number of nitrogens with zero attached hydrogens (tertiary/aromatic N) is 3. The summed E-state index contributed by atoms with van der Waals surface area (Å²) in [6, 6.07) is 14.1. The third-order valence-electron chi connectivity index (χ3n) is 5.21. The van der Waals surface area contributed by atoms with Crippen LogP contribution in [0.1, 0.15) is 50.9 Å². The normalized spacial score (nSPS) is 15.9. The van der Waals surface area contributed by atoms with Gasteiger partial charge in [-0.1, -0.05) is 22.9 Å². The van der Waals surface area contributed by atoms with Crippen LogP contribution in [0.15, 0.2) is 48.5 Å². The summed E-state index contributed by atoms with van der Waals surface area (Å²) in [4.78, 5) is 27.3. The predicted octanol–water partition coefficient (Wildman–Crippen LogP) is 4.86. The van der Waals surface area contributed by atoms with Crippen molar-refractivity contribution < 1.29 is 14.3 Å². The molecule has 0 spiro atoms. The second kappa shape index (κ2) is 10.1. The summed E-state index contributed by atoms with van der Waals surface area (Å²) in [5, 5.41) is 12.8. The molecule has 0 aliphatic carbocycles.